The summed E-state index contributed by atoms with van der Waals surface area (Å²) in [4.78, 5) is 6.52. The number of ether oxygens (including phenoxy) is 2. The predicted octanol–water partition coefficient (Wildman–Crippen LogP) is 4.78. The Labute approximate surface area is 160 Å². The van der Waals surface area contributed by atoms with Crippen molar-refractivity contribution in [1.82, 2.24) is 4.98 Å². The van der Waals surface area contributed by atoms with Crippen molar-refractivity contribution in [3.05, 3.63) is 48.3 Å². The van der Waals surface area contributed by atoms with Crippen LogP contribution in [-0.2, 0) is 6.54 Å². The lowest BCUT2D eigenvalue weighted by Gasteiger charge is -2.26. The van der Waals surface area contributed by atoms with E-state index in [9.17, 15) is 0 Å². The molecule has 0 aliphatic heterocycles. The third-order valence-electron chi connectivity index (χ3n) is 4.80. The minimum absolute atomic E-state index is 0.319. The molecule has 0 N–H and O–H groups in total. The van der Waals surface area contributed by atoms with Gasteiger partial charge in [-0.05, 0) is 61.8 Å². The van der Waals surface area contributed by atoms with E-state index in [2.05, 4.69) is 40.4 Å². The van der Waals surface area contributed by atoms with E-state index in [4.69, 9.17) is 9.47 Å². The zero-order chi connectivity index (χ0) is 18.2. The largest absolute Gasteiger partial charge is 0.493 e. The third-order valence-corrected chi connectivity index (χ3v) is 5.39. The summed E-state index contributed by atoms with van der Waals surface area (Å²) in [6.45, 7) is 1.84. The Kier molecular flexibility index (Phi) is 7.06. The van der Waals surface area contributed by atoms with E-state index in [0.29, 0.717) is 6.10 Å². The first kappa shape index (κ1) is 18.9. The highest BCUT2D eigenvalue weighted by molar-refractivity contribution is 7.98. The summed E-state index contributed by atoms with van der Waals surface area (Å²) < 4.78 is 11.8. The lowest BCUT2D eigenvalue weighted by atomic mass is 10.2. The number of anilines is 1. The molecule has 1 aliphatic rings. The number of thioether (sulfide) groups is 1. The van der Waals surface area contributed by atoms with Gasteiger partial charge in [-0.1, -0.05) is 0 Å². The highest BCUT2D eigenvalue weighted by Gasteiger charge is 2.19. The Hall–Kier alpha value is -1.88. The quantitative estimate of drug-likeness (QED) is 0.633. The highest BCUT2D eigenvalue weighted by atomic mass is 32.2. The van der Waals surface area contributed by atoms with Crippen LogP contribution in [0.25, 0.3) is 0 Å². The molecule has 0 saturated heterocycles. The number of pyridine rings is 1. The number of aromatic nitrogens is 1. The van der Waals surface area contributed by atoms with E-state index in [1.165, 1.54) is 24.1 Å². The van der Waals surface area contributed by atoms with E-state index in [1.807, 2.05) is 30.2 Å². The zero-order valence-electron chi connectivity index (χ0n) is 15.7. The molecule has 4 nitrogen and oxygen atoms in total. The average Bonchev–Trinajstić information content (AvgIpc) is 3.19. The van der Waals surface area contributed by atoms with Gasteiger partial charge in [-0.15, -0.1) is 0 Å². The van der Waals surface area contributed by atoms with Crippen LogP contribution in [0.4, 0.5) is 5.69 Å². The van der Waals surface area contributed by atoms with Crippen molar-refractivity contribution in [2.75, 3.05) is 30.6 Å². The first-order valence-corrected chi connectivity index (χ1v) is 10.7. The topological polar surface area (TPSA) is 34.6 Å². The Bertz CT molecular complexity index is 675. The first-order valence-electron chi connectivity index (χ1n) is 9.27. The summed E-state index contributed by atoms with van der Waals surface area (Å²) >= 11 is 1.86. The fraction of sp³-hybridized carbons (Fsp3) is 0.476. The van der Waals surface area contributed by atoms with Crippen molar-refractivity contribution in [3.8, 4) is 11.5 Å². The van der Waals surface area contributed by atoms with Gasteiger partial charge in [0.1, 0.15) is 0 Å². The molecule has 1 saturated carbocycles. The molecule has 1 heterocycles. The van der Waals surface area contributed by atoms with Gasteiger partial charge in [0, 0.05) is 43.0 Å². The molecule has 0 radical (unpaired) electrons. The van der Waals surface area contributed by atoms with Crippen LogP contribution < -0.4 is 14.4 Å². The number of hydrogen-bond acceptors (Lipinski definition) is 5. The SMILES string of the molecule is COc1ccc(N(CCSC)Cc2ccncc2)cc1OC1CCCC1. The van der Waals surface area contributed by atoms with Crippen molar-refractivity contribution >= 4 is 17.4 Å². The van der Waals surface area contributed by atoms with Gasteiger partial charge in [-0.3, -0.25) is 4.98 Å². The molecule has 2 aromatic rings. The van der Waals surface area contributed by atoms with E-state index in [0.717, 1.165) is 43.2 Å². The van der Waals surface area contributed by atoms with Crippen LogP contribution in [0.1, 0.15) is 31.2 Å². The summed E-state index contributed by atoms with van der Waals surface area (Å²) in [5, 5.41) is 0. The van der Waals surface area contributed by atoms with Crippen LogP contribution in [-0.4, -0.2) is 36.8 Å². The fourth-order valence-corrected chi connectivity index (χ4v) is 3.75. The molecule has 1 fully saturated rings. The maximum absolute atomic E-state index is 6.28. The molecule has 0 bridgehead atoms. The number of rotatable bonds is 9. The maximum Gasteiger partial charge on any atom is 0.163 e. The Morgan fingerprint density at radius 3 is 2.58 bits per heavy atom. The highest BCUT2D eigenvalue weighted by Crippen LogP contribution is 2.35. The van der Waals surface area contributed by atoms with E-state index in [1.54, 1.807) is 7.11 Å². The van der Waals surface area contributed by atoms with Crippen molar-refractivity contribution in [3.63, 3.8) is 0 Å². The molecular weight excluding hydrogens is 344 g/mol. The van der Waals surface area contributed by atoms with Gasteiger partial charge in [0.05, 0.1) is 13.2 Å². The van der Waals surface area contributed by atoms with Crippen molar-refractivity contribution in [1.29, 1.82) is 0 Å². The number of nitrogens with zero attached hydrogens (tertiary/aromatic N) is 2. The molecule has 0 spiro atoms. The van der Waals surface area contributed by atoms with Crippen molar-refractivity contribution in [2.45, 2.75) is 38.3 Å². The molecule has 0 atom stereocenters. The van der Waals surface area contributed by atoms with Crippen LogP contribution in [0.15, 0.2) is 42.7 Å². The second-order valence-electron chi connectivity index (χ2n) is 6.63. The minimum Gasteiger partial charge on any atom is -0.493 e. The Morgan fingerprint density at radius 1 is 1.12 bits per heavy atom. The lowest BCUT2D eigenvalue weighted by molar-refractivity contribution is 0.201. The first-order chi connectivity index (χ1) is 12.8. The second-order valence-corrected chi connectivity index (χ2v) is 7.61. The van der Waals surface area contributed by atoms with Crippen molar-refractivity contribution < 1.29 is 9.47 Å². The minimum atomic E-state index is 0.319. The molecule has 1 aromatic heterocycles. The molecule has 1 aromatic carbocycles. The molecule has 140 valence electrons. The molecular formula is C21H28N2O2S. The number of benzene rings is 1. The second kappa shape index (κ2) is 9.72. The maximum atomic E-state index is 6.28. The van der Waals surface area contributed by atoms with Gasteiger partial charge in [-0.25, -0.2) is 0 Å². The van der Waals surface area contributed by atoms with E-state index >= 15 is 0 Å². The lowest BCUT2D eigenvalue weighted by Crippen LogP contribution is -2.25. The van der Waals surface area contributed by atoms with Crippen LogP contribution in [0, 0.1) is 0 Å². The van der Waals surface area contributed by atoms with Gasteiger partial charge in [0.25, 0.3) is 0 Å². The van der Waals surface area contributed by atoms with Crippen LogP contribution >= 0.6 is 11.8 Å². The Morgan fingerprint density at radius 2 is 1.88 bits per heavy atom. The summed E-state index contributed by atoms with van der Waals surface area (Å²) in [5.74, 6) is 2.76. The van der Waals surface area contributed by atoms with Gasteiger partial charge >= 0.3 is 0 Å². The smallest absolute Gasteiger partial charge is 0.163 e. The van der Waals surface area contributed by atoms with Gasteiger partial charge in [0.15, 0.2) is 11.5 Å². The summed E-state index contributed by atoms with van der Waals surface area (Å²) in [5.41, 5.74) is 2.43. The Balaban J connectivity index is 1.82. The van der Waals surface area contributed by atoms with Crippen LogP contribution in [0.5, 0.6) is 11.5 Å². The van der Waals surface area contributed by atoms with Gasteiger partial charge in [0.2, 0.25) is 0 Å². The summed E-state index contributed by atoms with van der Waals surface area (Å²) in [6, 6.07) is 10.4. The number of hydrogen-bond donors (Lipinski definition) is 0. The van der Waals surface area contributed by atoms with Crippen LogP contribution in [0.3, 0.4) is 0 Å². The fourth-order valence-electron chi connectivity index (χ4n) is 3.35. The molecule has 3 rings (SSSR count). The molecule has 1 aliphatic carbocycles. The summed E-state index contributed by atoms with van der Waals surface area (Å²) in [6.07, 6.45) is 11.0. The molecule has 0 amide bonds. The predicted molar refractivity (Wildman–Crippen MR) is 110 cm³/mol. The zero-order valence-corrected chi connectivity index (χ0v) is 16.5. The summed E-state index contributed by atoms with van der Waals surface area (Å²) in [7, 11) is 1.71. The molecule has 5 heteroatoms. The molecule has 26 heavy (non-hydrogen) atoms. The third kappa shape index (κ3) is 5.07. The standard InChI is InChI=1S/C21H28N2O2S/c1-24-20-8-7-18(15-21(20)25-19-5-3-4-6-19)23(13-14-26-2)16-17-9-11-22-12-10-17/h7-12,15,19H,3-6,13-14,16H2,1-2H3. The van der Waals surface area contributed by atoms with E-state index in [-0.39, 0.29) is 0 Å². The normalized spacial score (nSPS) is 14.4. The van der Waals surface area contributed by atoms with Crippen molar-refractivity contribution in [2.24, 2.45) is 0 Å². The average molecular weight is 373 g/mol. The number of methoxy groups -OCH3 is 1. The molecule has 0 unspecified atom stereocenters. The van der Waals surface area contributed by atoms with Gasteiger partial charge < -0.3 is 14.4 Å². The monoisotopic (exact) mass is 372 g/mol. The van der Waals surface area contributed by atoms with Crippen LogP contribution in [0.2, 0.25) is 0 Å². The van der Waals surface area contributed by atoms with E-state index < -0.39 is 0 Å². The van der Waals surface area contributed by atoms with Gasteiger partial charge in [-0.2, -0.15) is 11.8 Å².